The van der Waals surface area contributed by atoms with E-state index < -0.39 is 6.10 Å². The Kier molecular flexibility index (Phi) is 6.35. The highest BCUT2D eigenvalue weighted by Gasteiger charge is 2.61. The molecule has 3 fully saturated rings. The van der Waals surface area contributed by atoms with Crippen LogP contribution in [0.2, 0.25) is 0 Å². The van der Waals surface area contributed by atoms with Crippen LogP contribution < -0.4 is 0 Å². The molecule has 0 aromatic rings. The van der Waals surface area contributed by atoms with Gasteiger partial charge in [0.25, 0.3) is 0 Å². The Morgan fingerprint density at radius 3 is 2.45 bits per heavy atom. The number of aliphatic hydroxyl groups excluding tert-OH is 1. The van der Waals surface area contributed by atoms with Gasteiger partial charge in [-0.2, -0.15) is 0 Å². The molecule has 8 atom stereocenters. The van der Waals surface area contributed by atoms with Gasteiger partial charge in [-0.3, -0.25) is 10.1 Å². The van der Waals surface area contributed by atoms with Gasteiger partial charge in [0.2, 0.25) is 5.70 Å². The lowest BCUT2D eigenvalue weighted by Gasteiger charge is -2.58. The summed E-state index contributed by atoms with van der Waals surface area (Å²) in [7, 11) is 0. The molecule has 0 aliphatic heterocycles. The Hall–Kier alpha value is -0.900. The average Bonchev–Trinajstić information content (AvgIpc) is 3.05. The third-order valence-electron chi connectivity index (χ3n) is 10.6. The molecule has 0 amide bonds. The van der Waals surface area contributed by atoms with Crippen LogP contribution >= 0.6 is 0 Å². The summed E-state index contributed by atoms with van der Waals surface area (Å²) >= 11 is 0. The summed E-state index contributed by atoms with van der Waals surface area (Å²) in [6.07, 6.45) is 11.5. The Bertz CT molecular complexity index is 730. The van der Waals surface area contributed by atoms with Crippen molar-refractivity contribution in [2.24, 2.45) is 46.3 Å². The number of nitrogens with zero attached hydrogens (tertiary/aromatic N) is 1. The lowest BCUT2D eigenvalue weighted by Crippen LogP contribution is -2.52. The van der Waals surface area contributed by atoms with Crippen LogP contribution in [0.25, 0.3) is 0 Å². The standard InChI is InChI=1S/C27H45NO3/c1-17(2)7-6-8-18(3)21-9-10-22-20-16-25(28(30)31)24-15-19(29)11-13-27(24,5)23(20)12-14-26(21,22)4/h17-23,29H,6-16H2,1-5H3/t18-,19+,20-,21+,22-,23-,26+,27+/m0/s1. The molecule has 0 radical (unpaired) electrons. The van der Waals surface area contributed by atoms with Crippen molar-refractivity contribution in [1.29, 1.82) is 0 Å². The first kappa shape index (κ1) is 23.3. The lowest BCUT2D eigenvalue weighted by molar-refractivity contribution is -0.434. The maximum atomic E-state index is 12.1. The zero-order valence-corrected chi connectivity index (χ0v) is 20.5. The minimum absolute atomic E-state index is 0.0765. The van der Waals surface area contributed by atoms with Crippen LogP contribution in [0, 0.1) is 56.5 Å². The number of allylic oxidation sites excluding steroid dienone is 1. The topological polar surface area (TPSA) is 63.4 Å². The van der Waals surface area contributed by atoms with Gasteiger partial charge < -0.3 is 5.11 Å². The molecule has 0 heterocycles. The molecule has 4 heteroatoms. The maximum Gasteiger partial charge on any atom is 0.246 e. The molecule has 176 valence electrons. The molecule has 0 spiro atoms. The first-order valence-corrected chi connectivity index (χ1v) is 13.1. The van der Waals surface area contributed by atoms with E-state index in [1.807, 2.05) is 0 Å². The third-order valence-corrected chi connectivity index (χ3v) is 10.6. The van der Waals surface area contributed by atoms with Crippen molar-refractivity contribution in [2.75, 3.05) is 0 Å². The van der Waals surface area contributed by atoms with Crippen LogP contribution in [-0.2, 0) is 0 Å². The fourth-order valence-corrected chi connectivity index (χ4v) is 8.96. The molecule has 0 aromatic heterocycles. The van der Waals surface area contributed by atoms with Crippen molar-refractivity contribution in [3.05, 3.63) is 21.4 Å². The van der Waals surface area contributed by atoms with Crippen LogP contribution in [0.1, 0.15) is 105 Å². The first-order valence-electron chi connectivity index (χ1n) is 13.1. The van der Waals surface area contributed by atoms with Gasteiger partial charge in [0.1, 0.15) is 0 Å². The van der Waals surface area contributed by atoms with E-state index in [9.17, 15) is 15.2 Å². The van der Waals surface area contributed by atoms with E-state index in [0.717, 1.165) is 36.2 Å². The van der Waals surface area contributed by atoms with Gasteiger partial charge in [-0.05, 0) is 84.9 Å². The minimum atomic E-state index is -0.397. The number of aliphatic hydroxyl groups is 1. The summed E-state index contributed by atoms with van der Waals surface area (Å²) in [5.41, 5.74) is 1.74. The largest absolute Gasteiger partial charge is 0.393 e. The second-order valence-electron chi connectivity index (χ2n) is 12.6. The fourth-order valence-electron chi connectivity index (χ4n) is 8.96. The van der Waals surface area contributed by atoms with Crippen LogP contribution in [-0.4, -0.2) is 16.1 Å². The SMILES string of the molecule is CC(C)CCC[C@H](C)[C@H]1CC[C@H]2[C@@H]3CC([N+](=O)[O-])=C4C[C@H](O)CC[C@]4(C)[C@H]3CC[C@]12C. The highest BCUT2D eigenvalue weighted by Crippen LogP contribution is 2.68. The number of rotatable bonds is 6. The Balaban J connectivity index is 1.59. The smallest absolute Gasteiger partial charge is 0.246 e. The average molecular weight is 432 g/mol. The zero-order valence-electron chi connectivity index (χ0n) is 20.5. The van der Waals surface area contributed by atoms with Gasteiger partial charge in [-0.25, -0.2) is 0 Å². The van der Waals surface area contributed by atoms with E-state index in [-0.39, 0.29) is 10.3 Å². The minimum Gasteiger partial charge on any atom is -0.393 e. The zero-order chi connectivity index (χ0) is 22.6. The lowest BCUT2D eigenvalue weighted by atomic mass is 9.46. The molecule has 0 aromatic carbocycles. The van der Waals surface area contributed by atoms with Gasteiger partial charge in [-0.15, -0.1) is 0 Å². The monoisotopic (exact) mass is 431 g/mol. The molecule has 31 heavy (non-hydrogen) atoms. The molecule has 0 saturated heterocycles. The fraction of sp³-hybridized carbons (Fsp3) is 0.926. The number of hydrogen-bond acceptors (Lipinski definition) is 3. The molecular formula is C27H45NO3. The van der Waals surface area contributed by atoms with Gasteiger partial charge in [-0.1, -0.05) is 53.9 Å². The van der Waals surface area contributed by atoms with E-state index >= 15 is 0 Å². The molecule has 4 aliphatic rings. The highest BCUT2D eigenvalue weighted by atomic mass is 16.6. The summed E-state index contributed by atoms with van der Waals surface area (Å²) < 4.78 is 0. The van der Waals surface area contributed by atoms with Gasteiger partial charge >= 0.3 is 0 Å². The van der Waals surface area contributed by atoms with Crippen LogP contribution in [0.3, 0.4) is 0 Å². The Morgan fingerprint density at radius 1 is 1.03 bits per heavy atom. The number of nitro groups is 1. The van der Waals surface area contributed by atoms with Crippen molar-refractivity contribution < 1.29 is 10.0 Å². The van der Waals surface area contributed by atoms with Gasteiger partial charge in [0.05, 0.1) is 11.0 Å². The molecule has 4 aliphatic carbocycles. The Morgan fingerprint density at radius 2 is 1.77 bits per heavy atom. The quantitative estimate of drug-likeness (QED) is 0.364. The predicted octanol–water partition coefficient (Wildman–Crippen LogP) is 6.99. The van der Waals surface area contributed by atoms with E-state index in [1.54, 1.807) is 0 Å². The normalized spacial score (nSPS) is 43.4. The van der Waals surface area contributed by atoms with Crippen molar-refractivity contribution in [2.45, 2.75) is 111 Å². The van der Waals surface area contributed by atoms with E-state index in [2.05, 4.69) is 34.6 Å². The van der Waals surface area contributed by atoms with Crippen molar-refractivity contribution in [3.8, 4) is 0 Å². The summed E-state index contributed by atoms with van der Waals surface area (Å²) in [4.78, 5) is 12.0. The van der Waals surface area contributed by atoms with E-state index in [1.165, 1.54) is 44.9 Å². The number of hydrogen-bond donors (Lipinski definition) is 1. The molecule has 0 bridgehead atoms. The second kappa shape index (κ2) is 8.47. The predicted molar refractivity (Wildman–Crippen MR) is 125 cm³/mol. The van der Waals surface area contributed by atoms with Crippen LogP contribution in [0.15, 0.2) is 11.3 Å². The van der Waals surface area contributed by atoms with E-state index in [4.69, 9.17) is 0 Å². The van der Waals surface area contributed by atoms with E-state index in [0.29, 0.717) is 41.7 Å². The molecule has 0 unspecified atom stereocenters. The maximum absolute atomic E-state index is 12.1. The molecule has 4 nitrogen and oxygen atoms in total. The summed E-state index contributed by atoms with van der Waals surface area (Å²) in [6, 6.07) is 0. The second-order valence-corrected chi connectivity index (χ2v) is 12.6. The van der Waals surface area contributed by atoms with Crippen molar-refractivity contribution in [1.82, 2.24) is 0 Å². The number of fused-ring (bicyclic) bond motifs is 5. The molecule has 1 N–H and O–H groups in total. The Labute approximate surface area is 189 Å². The first-order chi connectivity index (χ1) is 14.6. The van der Waals surface area contributed by atoms with Gasteiger partial charge in [0, 0.05) is 18.4 Å². The summed E-state index contributed by atoms with van der Waals surface area (Å²) in [5, 5.41) is 22.4. The van der Waals surface area contributed by atoms with Crippen molar-refractivity contribution in [3.63, 3.8) is 0 Å². The molecular weight excluding hydrogens is 386 g/mol. The van der Waals surface area contributed by atoms with Crippen LogP contribution in [0.5, 0.6) is 0 Å². The third kappa shape index (κ3) is 3.89. The van der Waals surface area contributed by atoms with Crippen molar-refractivity contribution >= 4 is 0 Å². The van der Waals surface area contributed by atoms with Crippen LogP contribution in [0.4, 0.5) is 0 Å². The molecule has 4 rings (SSSR count). The molecule has 3 saturated carbocycles. The summed E-state index contributed by atoms with van der Waals surface area (Å²) in [5.74, 6) is 3.96. The highest BCUT2D eigenvalue weighted by molar-refractivity contribution is 5.28. The summed E-state index contributed by atoms with van der Waals surface area (Å²) in [6.45, 7) is 12.0. The van der Waals surface area contributed by atoms with Gasteiger partial charge in [0.15, 0.2) is 0 Å².